The van der Waals surface area contributed by atoms with Crippen LogP contribution in [0.5, 0.6) is 17.2 Å². The van der Waals surface area contributed by atoms with Crippen LogP contribution in [0.4, 0.5) is 5.13 Å². The van der Waals surface area contributed by atoms with E-state index in [-0.39, 0.29) is 27.4 Å². The van der Waals surface area contributed by atoms with Gasteiger partial charge in [-0.15, -0.1) is 10.2 Å². The third kappa shape index (κ3) is 7.52. The average Bonchev–Trinajstić information content (AvgIpc) is 3.36. The molecule has 0 bridgehead atoms. The van der Waals surface area contributed by atoms with Gasteiger partial charge in [0, 0.05) is 0 Å². The molecule has 1 N–H and O–H groups in total. The van der Waals surface area contributed by atoms with Crippen molar-refractivity contribution in [3.05, 3.63) is 59.2 Å². The second-order valence-corrected chi connectivity index (χ2v) is 10.9. The maximum atomic E-state index is 12.6. The van der Waals surface area contributed by atoms with Crippen LogP contribution in [-0.4, -0.2) is 50.1 Å². The first-order valence-electron chi connectivity index (χ1n) is 11.3. The molecule has 37 heavy (non-hydrogen) atoms. The number of benzene rings is 2. The molecule has 0 aliphatic heterocycles. The highest BCUT2D eigenvalue weighted by molar-refractivity contribution is 7.93. The van der Waals surface area contributed by atoms with Crippen molar-refractivity contribution >= 4 is 38.3 Å². The molecule has 10 nitrogen and oxygen atoms in total. The number of carbonyl (C=O) groups excluding carboxylic acids is 1. The first-order valence-corrected chi connectivity index (χ1v) is 13.8. The second-order valence-electron chi connectivity index (χ2n) is 7.50. The first kappa shape index (κ1) is 27.6. The van der Waals surface area contributed by atoms with Gasteiger partial charge in [-0.05, 0) is 49.2 Å². The molecule has 0 radical (unpaired) electrons. The highest BCUT2D eigenvalue weighted by atomic mass is 32.2. The van der Waals surface area contributed by atoms with Gasteiger partial charge in [-0.2, -0.15) is 5.26 Å². The molecular formula is C25H26N4O6S2. The number of nitrogens with one attached hydrogen (secondary N) is 1. The Morgan fingerprint density at radius 1 is 1.05 bits per heavy atom. The summed E-state index contributed by atoms with van der Waals surface area (Å²) in [6.45, 7) is 6.29. The number of ether oxygens (including phenoxy) is 3. The van der Waals surface area contributed by atoms with Crippen LogP contribution in [0, 0.1) is 18.3 Å². The van der Waals surface area contributed by atoms with Crippen molar-refractivity contribution in [1.82, 2.24) is 10.2 Å². The van der Waals surface area contributed by atoms with Gasteiger partial charge in [-0.25, -0.2) is 8.42 Å². The van der Waals surface area contributed by atoms with E-state index in [9.17, 15) is 18.5 Å². The molecule has 2 aromatic carbocycles. The Kier molecular flexibility index (Phi) is 9.59. The molecule has 3 aromatic rings. The van der Waals surface area contributed by atoms with Crippen molar-refractivity contribution in [2.24, 2.45) is 0 Å². The highest BCUT2D eigenvalue weighted by Crippen LogP contribution is 2.30. The van der Waals surface area contributed by atoms with E-state index in [1.807, 2.05) is 44.2 Å². The van der Waals surface area contributed by atoms with Crippen LogP contribution in [0.25, 0.3) is 6.08 Å². The summed E-state index contributed by atoms with van der Waals surface area (Å²) in [7, 11) is -3.55. The minimum atomic E-state index is -3.55. The Morgan fingerprint density at radius 3 is 2.46 bits per heavy atom. The zero-order valence-electron chi connectivity index (χ0n) is 20.6. The molecule has 1 aromatic heterocycles. The molecule has 0 fully saturated rings. The quantitative estimate of drug-likeness (QED) is 0.155. The van der Waals surface area contributed by atoms with Crippen molar-refractivity contribution in [1.29, 1.82) is 5.26 Å². The lowest BCUT2D eigenvalue weighted by molar-refractivity contribution is -0.112. The van der Waals surface area contributed by atoms with Crippen LogP contribution in [-0.2, 0) is 14.6 Å². The van der Waals surface area contributed by atoms with E-state index in [0.29, 0.717) is 30.3 Å². The van der Waals surface area contributed by atoms with Crippen LogP contribution in [0.2, 0.25) is 0 Å². The Bertz CT molecular complexity index is 1430. The summed E-state index contributed by atoms with van der Waals surface area (Å²) in [4.78, 5) is 12.6. The number of para-hydroxylation sites is 1. The average molecular weight is 543 g/mol. The molecule has 0 aliphatic carbocycles. The van der Waals surface area contributed by atoms with Gasteiger partial charge in [0.25, 0.3) is 5.91 Å². The number of sulfone groups is 1. The molecule has 0 aliphatic rings. The molecule has 0 unspecified atom stereocenters. The number of nitrogens with zero attached hydrogens (tertiary/aromatic N) is 3. The second kappa shape index (κ2) is 12.8. The number of amides is 1. The Morgan fingerprint density at radius 2 is 1.78 bits per heavy atom. The first-order chi connectivity index (χ1) is 17.8. The summed E-state index contributed by atoms with van der Waals surface area (Å²) in [5.41, 5.74) is 1.35. The van der Waals surface area contributed by atoms with Crippen LogP contribution in [0.1, 0.15) is 25.0 Å². The van der Waals surface area contributed by atoms with Gasteiger partial charge in [0.05, 0.1) is 12.4 Å². The van der Waals surface area contributed by atoms with Gasteiger partial charge >= 0.3 is 0 Å². The maximum absolute atomic E-state index is 12.6. The predicted octanol–water partition coefficient (Wildman–Crippen LogP) is 4.04. The van der Waals surface area contributed by atoms with Gasteiger partial charge in [0.15, 0.2) is 11.5 Å². The zero-order chi connectivity index (χ0) is 26.8. The lowest BCUT2D eigenvalue weighted by Crippen LogP contribution is -2.13. The number of rotatable bonds is 12. The smallest absolute Gasteiger partial charge is 0.268 e. The normalized spacial score (nSPS) is 11.5. The summed E-state index contributed by atoms with van der Waals surface area (Å²) in [6, 6.07) is 14.6. The fraction of sp³-hybridized carbons (Fsp3) is 0.280. The summed E-state index contributed by atoms with van der Waals surface area (Å²) < 4.78 is 40.9. The minimum absolute atomic E-state index is 0.0233. The lowest BCUT2D eigenvalue weighted by Gasteiger charge is -2.14. The van der Waals surface area contributed by atoms with Crippen molar-refractivity contribution in [3.63, 3.8) is 0 Å². The molecule has 12 heteroatoms. The van der Waals surface area contributed by atoms with E-state index in [1.54, 1.807) is 18.2 Å². The molecule has 3 rings (SSSR count). The van der Waals surface area contributed by atoms with Crippen LogP contribution < -0.4 is 19.5 Å². The Hall–Kier alpha value is -3.95. The SMILES string of the molecule is CCOc1cc(/C=C(/C#N)C(=O)Nc2nnc(S(=O)(=O)CC)s2)ccc1OCCOc1ccccc1C. The molecule has 194 valence electrons. The van der Waals surface area contributed by atoms with E-state index in [2.05, 4.69) is 15.5 Å². The van der Waals surface area contributed by atoms with E-state index in [1.165, 1.54) is 13.0 Å². The lowest BCUT2D eigenvalue weighted by atomic mass is 10.1. The van der Waals surface area contributed by atoms with Gasteiger partial charge in [-0.1, -0.05) is 42.5 Å². The molecule has 1 amide bonds. The third-order valence-electron chi connectivity index (χ3n) is 4.91. The number of nitriles is 1. The van der Waals surface area contributed by atoms with E-state index in [0.717, 1.165) is 22.6 Å². The van der Waals surface area contributed by atoms with E-state index >= 15 is 0 Å². The fourth-order valence-electron chi connectivity index (χ4n) is 3.01. The van der Waals surface area contributed by atoms with Gasteiger partial charge in [0.1, 0.15) is 30.6 Å². The summed E-state index contributed by atoms with van der Waals surface area (Å²) in [5, 5.41) is 19.2. The maximum Gasteiger partial charge on any atom is 0.268 e. The predicted molar refractivity (Wildman–Crippen MR) is 140 cm³/mol. The van der Waals surface area contributed by atoms with Crippen molar-refractivity contribution < 1.29 is 27.4 Å². The minimum Gasteiger partial charge on any atom is -0.490 e. The third-order valence-corrected chi connectivity index (χ3v) is 7.93. The van der Waals surface area contributed by atoms with E-state index in [4.69, 9.17) is 14.2 Å². The summed E-state index contributed by atoms with van der Waals surface area (Å²) >= 11 is 0.721. The molecule has 0 saturated carbocycles. The fourth-order valence-corrected chi connectivity index (χ4v) is 5.00. The van der Waals surface area contributed by atoms with Crippen molar-refractivity contribution in [2.75, 3.05) is 30.9 Å². The largest absolute Gasteiger partial charge is 0.490 e. The monoisotopic (exact) mass is 542 g/mol. The summed E-state index contributed by atoms with van der Waals surface area (Å²) in [6.07, 6.45) is 1.38. The Labute approximate surface area is 219 Å². The zero-order valence-corrected chi connectivity index (χ0v) is 22.2. The number of hydrogen-bond donors (Lipinski definition) is 1. The number of aromatic nitrogens is 2. The topological polar surface area (TPSA) is 140 Å². The Balaban J connectivity index is 1.68. The molecular weight excluding hydrogens is 516 g/mol. The van der Waals surface area contributed by atoms with Gasteiger partial charge < -0.3 is 14.2 Å². The summed E-state index contributed by atoms with van der Waals surface area (Å²) in [5.74, 6) is 0.846. The molecule has 0 saturated heterocycles. The van der Waals surface area contributed by atoms with Gasteiger partial charge in [-0.3, -0.25) is 10.1 Å². The van der Waals surface area contributed by atoms with Crippen LogP contribution in [0.3, 0.4) is 0 Å². The molecule has 1 heterocycles. The van der Waals surface area contributed by atoms with E-state index < -0.39 is 15.7 Å². The number of carbonyl (C=O) groups is 1. The number of hydrogen-bond acceptors (Lipinski definition) is 10. The molecule has 0 spiro atoms. The van der Waals surface area contributed by atoms with Crippen LogP contribution in [0.15, 0.2) is 52.4 Å². The molecule has 0 atom stereocenters. The number of aryl methyl sites for hydroxylation is 1. The van der Waals surface area contributed by atoms with Crippen molar-refractivity contribution in [2.45, 2.75) is 25.1 Å². The number of anilines is 1. The van der Waals surface area contributed by atoms with Crippen molar-refractivity contribution in [3.8, 4) is 23.3 Å². The standard InChI is InChI=1S/C25H26N4O6S2/c1-4-33-22-15-18(10-11-21(22)35-13-12-34-20-9-7-6-8-17(20)3)14-19(16-26)23(30)27-24-28-29-25(36-24)37(31,32)5-2/h6-11,14-15H,4-5,12-13H2,1-3H3,(H,27,28,30)/b19-14-. The van der Waals surface area contributed by atoms with Gasteiger partial charge in [0.2, 0.25) is 19.3 Å². The van der Waals surface area contributed by atoms with Crippen LogP contribution >= 0.6 is 11.3 Å². The highest BCUT2D eigenvalue weighted by Gasteiger charge is 2.20.